The predicted molar refractivity (Wildman–Crippen MR) is 45.2 cm³/mol. The Balaban J connectivity index is 3.08. The van der Waals surface area contributed by atoms with Crippen molar-refractivity contribution in [2.45, 2.75) is 20.8 Å². The summed E-state index contributed by atoms with van der Waals surface area (Å²) in [4.78, 5) is 21.9. The smallest absolute Gasteiger partial charge is 0.321 e. The maximum Gasteiger partial charge on any atom is 0.321 e. The van der Waals surface area contributed by atoms with E-state index in [-0.39, 0.29) is 17.8 Å². The third-order valence-electron chi connectivity index (χ3n) is 3.72. The average molecular weight is 186 g/mol. The zero-order valence-corrected chi connectivity index (χ0v) is 7.94. The van der Waals surface area contributed by atoms with Gasteiger partial charge in [0.05, 0.1) is 0 Å². The lowest BCUT2D eigenvalue weighted by Gasteiger charge is -2.52. The van der Waals surface area contributed by atoms with Crippen LogP contribution >= 0.6 is 0 Å². The first kappa shape index (κ1) is 10.0. The molecule has 0 saturated heterocycles. The maximum absolute atomic E-state index is 10.9. The molecule has 1 fully saturated rings. The Morgan fingerprint density at radius 1 is 1.00 bits per heavy atom. The Bertz CT molecular complexity index is 232. The van der Waals surface area contributed by atoms with E-state index < -0.39 is 17.4 Å². The lowest BCUT2D eigenvalue weighted by Crippen LogP contribution is -2.62. The second-order valence-corrected chi connectivity index (χ2v) is 3.92. The van der Waals surface area contributed by atoms with Crippen LogP contribution in [0.3, 0.4) is 0 Å². The van der Waals surface area contributed by atoms with Crippen LogP contribution < -0.4 is 0 Å². The van der Waals surface area contributed by atoms with Gasteiger partial charge in [0.25, 0.3) is 0 Å². The van der Waals surface area contributed by atoms with Gasteiger partial charge in [0, 0.05) is 0 Å². The summed E-state index contributed by atoms with van der Waals surface area (Å²) in [7, 11) is 0. The molecule has 0 bridgehead atoms. The average Bonchev–Trinajstić information content (AvgIpc) is 2.03. The Morgan fingerprint density at radius 3 is 1.46 bits per heavy atom. The van der Waals surface area contributed by atoms with Crippen molar-refractivity contribution in [3.63, 3.8) is 0 Å². The van der Waals surface area contributed by atoms with Crippen LogP contribution in [0.4, 0.5) is 0 Å². The lowest BCUT2D eigenvalue weighted by atomic mass is 9.48. The molecule has 1 saturated carbocycles. The summed E-state index contributed by atoms with van der Waals surface area (Å²) in [6.07, 6.45) is 0. The van der Waals surface area contributed by atoms with Gasteiger partial charge in [-0.3, -0.25) is 9.59 Å². The highest BCUT2D eigenvalue weighted by Gasteiger charge is 2.66. The molecule has 0 aromatic heterocycles. The van der Waals surface area contributed by atoms with Crippen LogP contribution in [0.25, 0.3) is 0 Å². The van der Waals surface area contributed by atoms with Crippen molar-refractivity contribution in [1.29, 1.82) is 0 Å². The van der Waals surface area contributed by atoms with Gasteiger partial charge in [0.1, 0.15) is 0 Å². The summed E-state index contributed by atoms with van der Waals surface area (Å²) < 4.78 is 0. The number of carbonyl (C=O) groups is 2. The van der Waals surface area contributed by atoms with E-state index in [2.05, 4.69) is 0 Å². The number of hydrogen-bond donors (Lipinski definition) is 2. The highest BCUT2D eigenvalue weighted by atomic mass is 16.4. The van der Waals surface area contributed by atoms with Crippen LogP contribution in [0.1, 0.15) is 20.8 Å². The summed E-state index contributed by atoms with van der Waals surface area (Å²) in [5.74, 6) is -2.85. The Morgan fingerprint density at radius 2 is 1.31 bits per heavy atom. The zero-order chi connectivity index (χ0) is 10.4. The van der Waals surface area contributed by atoms with Crippen molar-refractivity contribution in [3.8, 4) is 0 Å². The van der Waals surface area contributed by atoms with Gasteiger partial charge < -0.3 is 10.2 Å². The molecule has 2 unspecified atom stereocenters. The van der Waals surface area contributed by atoms with E-state index >= 15 is 0 Å². The first-order valence-electron chi connectivity index (χ1n) is 4.33. The molecule has 74 valence electrons. The van der Waals surface area contributed by atoms with Crippen LogP contribution in [0.15, 0.2) is 0 Å². The highest BCUT2D eigenvalue weighted by molar-refractivity contribution is 6.00. The number of carboxylic acids is 2. The van der Waals surface area contributed by atoms with E-state index in [9.17, 15) is 9.59 Å². The summed E-state index contributed by atoms with van der Waals surface area (Å²) >= 11 is 0. The van der Waals surface area contributed by atoms with Crippen LogP contribution in [0, 0.1) is 23.2 Å². The van der Waals surface area contributed by atoms with E-state index in [0.717, 1.165) is 0 Å². The van der Waals surface area contributed by atoms with Crippen molar-refractivity contribution < 1.29 is 19.8 Å². The molecule has 1 aliphatic rings. The van der Waals surface area contributed by atoms with Gasteiger partial charge in [-0.2, -0.15) is 0 Å². The van der Waals surface area contributed by atoms with Gasteiger partial charge in [-0.1, -0.05) is 20.8 Å². The summed E-state index contributed by atoms with van der Waals surface area (Å²) in [6, 6.07) is 0. The molecule has 0 aromatic rings. The number of hydrogen-bond acceptors (Lipinski definition) is 2. The molecule has 4 heteroatoms. The highest BCUT2D eigenvalue weighted by Crippen LogP contribution is 2.55. The quantitative estimate of drug-likeness (QED) is 0.632. The molecule has 0 heterocycles. The fourth-order valence-electron chi connectivity index (χ4n) is 2.43. The molecule has 1 aliphatic carbocycles. The Hall–Kier alpha value is -1.06. The van der Waals surface area contributed by atoms with Gasteiger partial charge >= 0.3 is 11.9 Å². The molecule has 13 heavy (non-hydrogen) atoms. The van der Waals surface area contributed by atoms with Gasteiger partial charge in [0.15, 0.2) is 5.41 Å². The van der Waals surface area contributed by atoms with E-state index in [1.807, 2.05) is 6.92 Å². The first-order chi connectivity index (χ1) is 5.86. The lowest BCUT2D eigenvalue weighted by molar-refractivity contribution is -0.196. The van der Waals surface area contributed by atoms with Gasteiger partial charge in [-0.05, 0) is 17.8 Å². The van der Waals surface area contributed by atoms with Gasteiger partial charge in [0.2, 0.25) is 0 Å². The molecule has 2 atom stereocenters. The van der Waals surface area contributed by atoms with E-state index in [0.29, 0.717) is 0 Å². The second kappa shape index (κ2) is 2.72. The van der Waals surface area contributed by atoms with Crippen molar-refractivity contribution in [3.05, 3.63) is 0 Å². The summed E-state index contributed by atoms with van der Waals surface area (Å²) in [6.45, 7) is 5.26. The van der Waals surface area contributed by atoms with Crippen molar-refractivity contribution in [2.75, 3.05) is 0 Å². The minimum absolute atomic E-state index is 0.159. The van der Waals surface area contributed by atoms with Crippen molar-refractivity contribution in [2.24, 2.45) is 23.2 Å². The fourth-order valence-corrected chi connectivity index (χ4v) is 2.43. The van der Waals surface area contributed by atoms with Crippen LogP contribution in [-0.2, 0) is 9.59 Å². The molecular weight excluding hydrogens is 172 g/mol. The van der Waals surface area contributed by atoms with Crippen LogP contribution in [-0.4, -0.2) is 22.2 Å². The molecule has 1 rings (SSSR count). The molecular formula is C9H14O4. The minimum atomic E-state index is -1.56. The topological polar surface area (TPSA) is 74.6 Å². The van der Waals surface area contributed by atoms with Gasteiger partial charge in [-0.15, -0.1) is 0 Å². The molecule has 0 spiro atoms. The second-order valence-electron chi connectivity index (χ2n) is 3.92. The third kappa shape index (κ3) is 0.913. The maximum atomic E-state index is 10.9. The zero-order valence-electron chi connectivity index (χ0n) is 7.94. The molecule has 4 nitrogen and oxygen atoms in total. The van der Waals surface area contributed by atoms with Crippen LogP contribution in [0.2, 0.25) is 0 Å². The van der Waals surface area contributed by atoms with E-state index in [4.69, 9.17) is 10.2 Å². The monoisotopic (exact) mass is 186 g/mol. The SMILES string of the molecule is CC1C(C)C(C(=O)O)(C(=O)O)C1C. The Labute approximate surface area is 76.6 Å². The number of rotatable bonds is 2. The first-order valence-corrected chi connectivity index (χ1v) is 4.33. The molecule has 0 aliphatic heterocycles. The van der Waals surface area contributed by atoms with E-state index in [1.165, 1.54) is 0 Å². The van der Waals surface area contributed by atoms with Gasteiger partial charge in [-0.25, -0.2) is 0 Å². The summed E-state index contributed by atoms with van der Waals surface area (Å²) in [5, 5.41) is 17.9. The van der Waals surface area contributed by atoms with E-state index in [1.54, 1.807) is 13.8 Å². The predicted octanol–water partition coefficient (Wildman–Crippen LogP) is 1.06. The normalized spacial score (nSPS) is 36.4. The third-order valence-corrected chi connectivity index (χ3v) is 3.72. The minimum Gasteiger partial charge on any atom is -0.480 e. The number of aliphatic carboxylic acids is 2. The van der Waals surface area contributed by atoms with Crippen molar-refractivity contribution in [1.82, 2.24) is 0 Å². The molecule has 0 radical (unpaired) electrons. The largest absolute Gasteiger partial charge is 0.480 e. The standard InChI is InChI=1S/C9H14O4/c1-4-5(2)9(6(4)3,7(10)11)8(12)13/h4-6H,1-3H3,(H,10,11)(H,12,13). The Kier molecular flexibility index (Phi) is 2.10. The fraction of sp³-hybridized carbons (Fsp3) is 0.778. The summed E-state index contributed by atoms with van der Waals surface area (Å²) in [5.41, 5.74) is -1.56. The molecule has 2 N–H and O–H groups in total. The van der Waals surface area contributed by atoms with Crippen LogP contribution in [0.5, 0.6) is 0 Å². The van der Waals surface area contributed by atoms with Crippen molar-refractivity contribution >= 4 is 11.9 Å². The molecule has 0 aromatic carbocycles. The number of carboxylic acid groups (broad SMARTS) is 2. The molecule has 0 amide bonds.